The molecule has 0 spiro atoms. The van der Waals surface area contributed by atoms with Crippen LogP contribution in [-0.4, -0.2) is 33.5 Å². The van der Waals surface area contributed by atoms with Crippen LogP contribution < -0.4 is 14.3 Å². The van der Waals surface area contributed by atoms with Gasteiger partial charge in [0.15, 0.2) is 11.5 Å². The quantitative estimate of drug-likeness (QED) is 0.521. The summed E-state index contributed by atoms with van der Waals surface area (Å²) < 4.78 is 35.1. The molecule has 0 aliphatic heterocycles. The Morgan fingerprint density at radius 1 is 1.28 bits per heavy atom. The van der Waals surface area contributed by atoms with E-state index in [4.69, 9.17) is 9.47 Å². The normalized spacial score (nSPS) is 11.5. The number of hydrazone groups is 1. The van der Waals surface area contributed by atoms with Gasteiger partial charge in [-0.15, -0.1) is 0 Å². The van der Waals surface area contributed by atoms with Crippen LogP contribution in [0.15, 0.2) is 50.9 Å². The molecule has 2 rings (SSSR count). The van der Waals surface area contributed by atoms with E-state index in [9.17, 15) is 13.5 Å². The van der Waals surface area contributed by atoms with Gasteiger partial charge in [0.25, 0.3) is 10.0 Å². The van der Waals surface area contributed by atoms with E-state index in [2.05, 4.69) is 25.9 Å². The highest BCUT2D eigenvalue weighted by molar-refractivity contribution is 9.10. The molecular formula is C16H17BrN2O5S. The SMILES string of the molecule is CCOc1ccc(S(=O)(=O)N/N=C/c2cc(Br)c(O)c(OC)c2)cc1. The van der Waals surface area contributed by atoms with Gasteiger partial charge in [0.2, 0.25) is 0 Å². The number of rotatable bonds is 7. The van der Waals surface area contributed by atoms with E-state index in [1.807, 2.05) is 6.92 Å². The highest BCUT2D eigenvalue weighted by Crippen LogP contribution is 2.34. The molecule has 0 bridgehead atoms. The van der Waals surface area contributed by atoms with Crippen molar-refractivity contribution in [2.24, 2.45) is 5.10 Å². The van der Waals surface area contributed by atoms with Crippen LogP contribution in [0.1, 0.15) is 12.5 Å². The Hall–Kier alpha value is -2.26. The van der Waals surface area contributed by atoms with Gasteiger partial charge in [-0.3, -0.25) is 0 Å². The van der Waals surface area contributed by atoms with Gasteiger partial charge in [-0.1, -0.05) is 0 Å². The number of hydrogen-bond donors (Lipinski definition) is 2. The number of phenols is 1. The zero-order chi connectivity index (χ0) is 18.4. The van der Waals surface area contributed by atoms with Crippen LogP contribution >= 0.6 is 15.9 Å². The molecule has 25 heavy (non-hydrogen) atoms. The second-order valence-electron chi connectivity index (χ2n) is 4.81. The average molecular weight is 429 g/mol. The van der Waals surface area contributed by atoms with Crippen molar-refractivity contribution in [2.45, 2.75) is 11.8 Å². The average Bonchev–Trinajstić information content (AvgIpc) is 2.58. The van der Waals surface area contributed by atoms with E-state index in [1.54, 1.807) is 18.2 Å². The molecule has 9 heteroatoms. The van der Waals surface area contributed by atoms with Crippen LogP contribution in [-0.2, 0) is 10.0 Å². The summed E-state index contributed by atoms with van der Waals surface area (Å²) in [4.78, 5) is 2.20. The van der Waals surface area contributed by atoms with Gasteiger partial charge in [-0.05, 0) is 64.8 Å². The van der Waals surface area contributed by atoms with Crippen molar-refractivity contribution in [3.05, 3.63) is 46.4 Å². The number of nitrogens with one attached hydrogen (secondary N) is 1. The number of halogens is 1. The maximum absolute atomic E-state index is 12.2. The molecule has 0 atom stereocenters. The van der Waals surface area contributed by atoms with Crippen LogP contribution in [0.2, 0.25) is 0 Å². The Kier molecular flexibility index (Phi) is 6.27. The van der Waals surface area contributed by atoms with E-state index in [0.29, 0.717) is 22.4 Å². The molecule has 0 saturated carbocycles. The summed E-state index contributed by atoms with van der Waals surface area (Å²) >= 11 is 3.18. The van der Waals surface area contributed by atoms with E-state index < -0.39 is 10.0 Å². The molecule has 0 heterocycles. The summed E-state index contributed by atoms with van der Waals surface area (Å²) in [7, 11) is -2.38. The lowest BCUT2D eigenvalue weighted by Gasteiger charge is -2.07. The van der Waals surface area contributed by atoms with Crippen LogP contribution in [0.5, 0.6) is 17.2 Å². The van der Waals surface area contributed by atoms with Crippen molar-refractivity contribution in [1.29, 1.82) is 0 Å². The molecule has 2 aromatic carbocycles. The van der Waals surface area contributed by atoms with Gasteiger partial charge in [0.05, 0.1) is 29.3 Å². The first-order valence-electron chi connectivity index (χ1n) is 7.21. The number of nitrogens with zero attached hydrogens (tertiary/aromatic N) is 1. The van der Waals surface area contributed by atoms with E-state index in [1.165, 1.54) is 31.5 Å². The Morgan fingerprint density at radius 2 is 1.96 bits per heavy atom. The van der Waals surface area contributed by atoms with E-state index in [0.717, 1.165) is 0 Å². The second-order valence-corrected chi connectivity index (χ2v) is 7.33. The maximum Gasteiger partial charge on any atom is 0.276 e. The fourth-order valence-corrected chi connectivity index (χ4v) is 3.18. The summed E-state index contributed by atoms with van der Waals surface area (Å²) in [6.07, 6.45) is 1.30. The molecule has 2 N–H and O–H groups in total. The lowest BCUT2D eigenvalue weighted by molar-refractivity contribution is 0.340. The van der Waals surface area contributed by atoms with Gasteiger partial charge in [0, 0.05) is 0 Å². The topological polar surface area (TPSA) is 97.2 Å². The Morgan fingerprint density at radius 3 is 2.56 bits per heavy atom. The number of methoxy groups -OCH3 is 1. The number of benzene rings is 2. The van der Waals surface area contributed by atoms with Gasteiger partial charge in [0.1, 0.15) is 5.75 Å². The minimum Gasteiger partial charge on any atom is -0.503 e. The van der Waals surface area contributed by atoms with Crippen molar-refractivity contribution >= 4 is 32.2 Å². The van der Waals surface area contributed by atoms with E-state index >= 15 is 0 Å². The number of ether oxygens (including phenoxy) is 2. The first kappa shape index (κ1) is 19.1. The molecule has 2 aromatic rings. The molecule has 0 saturated heterocycles. The fraction of sp³-hybridized carbons (Fsp3) is 0.188. The first-order chi connectivity index (χ1) is 11.9. The third-order valence-corrected chi connectivity index (χ3v) is 4.95. The summed E-state index contributed by atoms with van der Waals surface area (Å²) in [6.45, 7) is 2.35. The van der Waals surface area contributed by atoms with E-state index in [-0.39, 0.29) is 16.4 Å². The molecule has 0 aliphatic rings. The number of hydrogen-bond acceptors (Lipinski definition) is 6. The maximum atomic E-state index is 12.2. The number of phenolic OH excluding ortho intramolecular Hbond substituents is 1. The number of sulfonamides is 1. The number of aromatic hydroxyl groups is 1. The summed E-state index contributed by atoms with van der Waals surface area (Å²) in [6, 6.07) is 9.11. The molecule has 0 amide bonds. The smallest absolute Gasteiger partial charge is 0.276 e. The van der Waals surface area contributed by atoms with Gasteiger partial charge < -0.3 is 14.6 Å². The minimum atomic E-state index is -3.79. The predicted octanol–water partition coefficient (Wildman–Crippen LogP) is 2.87. The highest BCUT2D eigenvalue weighted by Gasteiger charge is 2.13. The molecule has 134 valence electrons. The zero-order valence-electron chi connectivity index (χ0n) is 13.6. The molecule has 7 nitrogen and oxygen atoms in total. The third-order valence-electron chi connectivity index (χ3n) is 3.10. The molecule has 0 fully saturated rings. The van der Waals surface area contributed by atoms with Crippen LogP contribution in [0, 0.1) is 0 Å². The van der Waals surface area contributed by atoms with Gasteiger partial charge in [-0.25, -0.2) is 4.83 Å². The highest BCUT2D eigenvalue weighted by atomic mass is 79.9. The molecule has 0 aliphatic carbocycles. The Bertz CT molecular complexity index is 867. The fourth-order valence-electron chi connectivity index (χ4n) is 1.93. The van der Waals surface area contributed by atoms with Crippen molar-refractivity contribution < 1.29 is 23.0 Å². The Balaban J connectivity index is 2.13. The van der Waals surface area contributed by atoms with Crippen LogP contribution in [0.4, 0.5) is 0 Å². The van der Waals surface area contributed by atoms with Crippen molar-refractivity contribution in [2.75, 3.05) is 13.7 Å². The monoisotopic (exact) mass is 428 g/mol. The van der Waals surface area contributed by atoms with Crippen LogP contribution in [0.25, 0.3) is 0 Å². The van der Waals surface area contributed by atoms with Gasteiger partial charge >= 0.3 is 0 Å². The molecule has 0 aromatic heterocycles. The van der Waals surface area contributed by atoms with Crippen molar-refractivity contribution in [1.82, 2.24) is 4.83 Å². The standard InChI is InChI=1S/C16H17BrN2O5S/c1-3-24-12-4-6-13(7-5-12)25(21,22)19-18-10-11-8-14(17)16(20)15(9-11)23-2/h4-10,19-20H,3H2,1-2H3/b18-10+. The molecule has 0 radical (unpaired) electrons. The zero-order valence-corrected chi connectivity index (χ0v) is 16.0. The Labute approximate surface area is 154 Å². The molecular weight excluding hydrogens is 412 g/mol. The third kappa shape index (κ3) is 4.86. The molecule has 0 unspecified atom stereocenters. The van der Waals surface area contributed by atoms with Crippen molar-refractivity contribution in [3.8, 4) is 17.2 Å². The van der Waals surface area contributed by atoms with Gasteiger partial charge in [-0.2, -0.15) is 13.5 Å². The lowest BCUT2D eigenvalue weighted by atomic mass is 10.2. The summed E-state index contributed by atoms with van der Waals surface area (Å²) in [5, 5.41) is 13.5. The lowest BCUT2D eigenvalue weighted by Crippen LogP contribution is -2.18. The van der Waals surface area contributed by atoms with Crippen molar-refractivity contribution in [3.63, 3.8) is 0 Å². The summed E-state index contributed by atoms with van der Waals surface area (Å²) in [5.41, 5.74) is 0.538. The second kappa shape index (κ2) is 8.21. The summed E-state index contributed by atoms with van der Waals surface area (Å²) in [5.74, 6) is 0.783. The largest absolute Gasteiger partial charge is 0.503 e. The minimum absolute atomic E-state index is 0.0466. The first-order valence-corrected chi connectivity index (χ1v) is 9.49. The predicted molar refractivity (Wildman–Crippen MR) is 97.9 cm³/mol. The van der Waals surface area contributed by atoms with Crippen LogP contribution in [0.3, 0.4) is 0 Å².